The lowest BCUT2D eigenvalue weighted by atomic mass is 10.0. The van der Waals surface area contributed by atoms with Gasteiger partial charge in [-0.25, -0.2) is 0 Å². The van der Waals surface area contributed by atoms with Gasteiger partial charge in [0.05, 0.1) is 6.61 Å². The molecule has 1 aromatic carbocycles. The number of allylic oxidation sites excluding steroid dienone is 1. The first-order chi connectivity index (χ1) is 8.88. The molecule has 2 nitrogen and oxygen atoms in total. The fraction of sp³-hybridized carbons (Fsp3) is 0.500. The van der Waals surface area contributed by atoms with Crippen LogP contribution in [0.1, 0.15) is 38.2 Å². The summed E-state index contributed by atoms with van der Waals surface area (Å²) >= 11 is 0. The molecular weight excluding hydrogens is 222 g/mol. The van der Waals surface area contributed by atoms with E-state index in [0.717, 1.165) is 31.7 Å². The number of nitrogens with one attached hydrogen (secondary N) is 1. The summed E-state index contributed by atoms with van der Waals surface area (Å²) in [5.41, 5.74) is 1.33. The lowest BCUT2D eigenvalue weighted by Crippen LogP contribution is -2.29. The van der Waals surface area contributed by atoms with E-state index in [1.807, 2.05) is 0 Å². The van der Waals surface area contributed by atoms with Gasteiger partial charge in [0, 0.05) is 12.6 Å². The highest BCUT2D eigenvalue weighted by Gasteiger charge is 2.08. The molecule has 0 aromatic heterocycles. The van der Waals surface area contributed by atoms with E-state index in [1.165, 1.54) is 18.4 Å². The van der Waals surface area contributed by atoms with Crippen molar-refractivity contribution in [3.8, 4) is 5.75 Å². The van der Waals surface area contributed by atoms with Gasteiger partial charge in [0.25, 0.3) is 0 Å². The normalized spacial score (nSPS) is 18.8. The molecule has 1 atom stereocenters. The second-order valence-corrected chi connectivity index (χ2v) is 4.85. The van der Waals surface area contributed by atoms with Gasteiger partial charge in [0.1, 0.15) is 5.75 Å². The van der Waals surface area contributed by atoms with Gasteiger partial charge < -0.3 is 10.1 Å². The molecule has 0 heterocycles. The fourth-order valence-corrected chi connectivity index (χ4v) is 2.16. The lowest BCUT2D eigenvalue weighted by Gasteiger charge is -2.19. The van der Waals surface area contributed by atoms with Crippen molar-refractivity contribution in [2.45, 2.75) is 45.2 Å². The van der Waals surface area contributed by atoms with Crippen molar-refractivity contribution in [2.75, 3.05) is 6.61 Å². The van der Waals surface area contributed by atoms with Crippen molar-refractivity contribution >= 4 is 0 Å². The Labute approximate surface area is 110 Å². The minimum Gasteiger partial charge on any atom is -0.494 e. The zero-order valence-electron chi connectivity index (χ0n) is 11.2. The van der Waals surface area contributed by atoms with Crippen molar-refractivity contribution in [2.24, 2.45) is 0 Å². The zero-order chi connectivity index (χ0) is 12.6. The Bertz CT molecular complexity index is 369. The molecule has 0 fully saturated rings. The maximum Gasteiger partial charge on any atom is 0.119 e. The van der Waals surface area contributed by atoms with Gasteiger partial charge >= 0.3 is 0 Å². The number of benzene rings is 1. The van der Waals surface area contributed by atoms with Crippen LogP contribution in [0.5, 0.6) is 5.75 Å². The number of hydrogen-bond acceptors (Lipinski definition) is 2. The van der Waals surface area contributed by atoms with Crippen molar-refractivity contribution in [3.63, 3.8) is 0 Å². The van der Waals surface area contributed by atoms with Gasteiger partial charge in [-0.15, -0.1) is 0 Å². The van der Waals surface area contributed by atoms with Crippen LogP contribution < -0.4 is 10.1 Å². The maximum absolute atomic E-state index is 5.58. The van der Waals surface area contributed by atoms with Gasteiger partial charge in [0.15, 0.2) is 0 Å². The number of rotatable bonds is 6. The molecule has 0 spiro atoms. The Balaban J connectivity index is 1.77. The van der Waals surface area contributed by atoms with E-state index in [1.54, 1.807) is 0 Å². The van der Waals surface area contributed by atoms with Crippen molar-refractivity contribution in [1.29, 1.82) is 0 Å². The highest BCUT2D eigenvalue weighted by atomic mass is 16.5. The summed E-state index contributed by atoms with van der Waals surface area (Å²) in [6.45, 7) is 3.87. The van der Waals surface area contributed by atoms with Crippen molar-refractivity contribution in [3.05, 3.63) is 42.0 Å². The smallest absolute Gasteiger partial charge is 0.119 e. The molecule has 1 aliphatic rings. The lowest BCUT2D eigenvalue weighted by molar-refractivity contribution is 0.317. The van der Waals surface area contributed by atoms with Crippen LogP contribution in [0.15, 0.2) is 36.4 Å². The molecule has 1 aromatic rings. The van der Waals surface area contributed by atoms with Gasteiger partial charge in [-0.2, -0.15) is 0 Å². The fourth-order valence-electron chi connectivity index (χ4n) is 2.16. The highest BCUT2D eigenvalue weighted by Crippen LogP contribution is 2.14. The summed E-state index contributed by atoms with van der Waals surface area (Å²) in [6, 6.07) is 9.07. The number of hydrogen-bond donors (Lipinski definition) is 1. The van der Waals surface area contributed by atoms with Crippen LogP contribution in [0.2, 0.25) is 0 Å². The predicted octanol–water partition coefficient (Wildman–Crippen LogP) is 3.67. The molecule has 0 saturated heterocycles. The second-order valence-electron chi connectivity index (χ2n) is 4.85. The second kappa shape index (κ2) is 7.22. The van der Waals surface area contributed by atoms with Gasteiger partial charge in [-0.3, -0.25) is 0 Å². The molecule has 0 bridgehead atoms. The van der Waals surface area contributed by atoms with Crippen LogP contribution in [0.4, 0.5) is 0 Å². The van der Waals surface area contributed by atoms with E-state index in [4.69, 9.17) is 4.74 Å². The Morgan fingerprint density at radius 2 is 2.06 bits per heavy atom. The molecule has 2 rings (SSSR count). The van der Waals surface area contributed by atoms with E-state index in [0.29, 0.717) is 6.04 Å². The van der Waals surface area contributed by atoms with Gasteiger partial charge in [-0.05, 0) is 43.4 Å². The quantitative estimate of drug-likeness (QED) is 0.772. The molecule has 0 amide bonds. The van der Waals surface area contributed by atoms with E-state index < -0.39 is 0 Å². The molecular formula is C16H23NO. The van der Waals surface area contributed by atoms with Crippen LogP contribution in [-0.4, -0.2) is 12.6 Å². The summed E-state index contributed by atoms with van der Waals surface area (Å²) < 4.78 is 5.58. The highest BCUT2D eigenvalue weighted by molar-refractivity contribution is 5.27. The zero-order valence-corrected chi connectivity index (χ0v) is 11.2. The molecule has 0 radical (unpaired) electrons. The Morgan fingerprint density at radius 3 is 2.72 bits per heavy atom. The minimum absolute atomic E-state index is 0.644. The standard InChI is InChI=1S/C16H23NO/c1-2-12-18-16-10-8-14(9-11-16)13-17-15-6-4-3-5-7-15/h3-4,8-11,15,17H,2,5-7,12-13H2,1H3. The van der Waals surface area contributed by atoms with Gasteiger partial charge in [-0.1, -0.05) is 31.2 Å². The number of ether oxygens (including phenoxy) is 1. The van der Waals surface area contributed by atoms with Crippen molar-refractivity contribution < 1.29 is 4.74 Å². The average molecular weight is 245 g/mol. The molecule has 1 aliphatic carbocycles. The van der Waals surface area contributed by atoms with Crippen LogP contribution in [0.25, 0.3) is 0 Å². The van der Waals surface area contributed by atoms with E-state index in [-0.39, 0.29) is 0 Å². The van der Waals surface area contributed by atoms with Crippen molar-refractivity contribution in [1.82, 2.24) is 5.32 Å². The van der Waals surface area contributed by atoms with E-state index in [2.05, 4.69) is 48.7 Å². The molecule has 1 unspecified atom stereocenters. The first-order valence-electron chi connectivity index (χ1n) is 6.98. The van der Waals surface area contributed by atoms with Crippen LogP contribution in [0, 0.1) is 0 Å². The summed E-state index contributed by atoms with van der Waals surface area (Å²) in [5, 5.41) is 3.61. The molecule has 18 heavy (non-hydrogen) atoms. The Morgan fingerprint density at radius 1 is 1.22 bits per heavy atom. The van der Waals surface area contributed by atoms with E-state index in [9.17, 15) is 0 Å². The van der Waals surface area contributed by atoms with Gasteiger partial charge in [0.2, 0.25) is 0 Å². The predicted molar refractivity (Wildman–Crippen MR) is 75.8 cm³/mol. The first kappa shape index (κ1) is 13.2. The Kier molecular flexibility index (Phi) is 5.28. The van der Waals surface area contributed by atoms with E-state index >= 15 is 0 Å². The molecule has 0 aliphatic heterocycles. The monoisotopic (exact) mass is 245 g/mol. The third kappa shape index (κ3) is 4.19. The topological polar surface area (TPSA) is 21.3 Å². The SMILES string of the molecule is CCCOc1ccc(CNC2CC=CCC2)cc1. The molecule has 0 saturated carbocycles. The molecule has 98 valence electrons. The van der Waals surface area contributed by atoms with Crippen LogP contribution >= 0.6 is 0 Å². The summed E-state index contributed by atoms with van der Waals surface area (Å²) in [6.07, 6.45) is 9.24. The Hall–Kier alpha value is -1.28. The molecule has 2 heteroatoms. The first-order valence-corrected chi connectivity index (χ1v) is 6.98. The maximum atomic E-state index is 5.58. The van der Waals surface area contributed by atoms with Crippen LogP contribution in [-0.2, 0) is 6.54 Å². The molecule has 1 N–H and O–H groups in total. The summed E-state index contributed by atoms with van der Waals surface area (Å²) in [5.74, 6) is 0.973. The average Bonchev–Trinajstić information content (AvgIpc) is 2.45. The van der Waals surface area contributed by atoms with Crippen LogP contribution in [0.3, 0.4) is 0 Å². The minimum atomic E-state index is 0.644. The summed E-state index contributed by atoms with van der Waals surface area (Å²) in [7, 11) is 0. The third-order valence-corrected chi connectivity index (χ3v) is 3.26. The largest absolute Gasteiger partial charge is 0.494 e. The third-order valence-electron chi connectivity index (χ3n) is 3.26. The summed E-state index contributed by atoms with van der Waals surface area (Å²) in [4.78, 5) is 0.